The van der Waals surface area contributed by atoms with Gasteiger partial charge in [-0.1, -0.05) is 88.6 Å². The Kier molecular flexibility index (Phi) is 16.4. The maximum Gasteiger partial charge on any atom is 0.303 e. The molecular formula is C27H44O5. The van der Waals surface area contributed by atoms with E-state index in [0.29, 0.717) is 13.0 Å². The summed E-state index contributed by atoms with van der Waals surface area (Å²) in [4.78, 5) is 22.1. The van der Waals surface area contributed by atoms with Gasteiger partial charge in [0.15, 0.2) is 0 Å². The second kappa shape index (κ2) is 18.7. The molecule has 2 atom stereocenters. The molecule has 0 aromatic heterocycles. The van der Waals surface area contributed by atoms with Crippen LogP contribution in [-0.4, -0.2) is 29.3 Å². The van der Waals surface area contributed by atoms with Gasteiger partial charge in [-0.2, -0.15) is 0 Å². The van der Waals surface area contributed by atoms with Gasteiger partial charge in [-0.3, -0.25) is 9.59 Å². The van der Waals surface area contributed by atoms with Crippen molar-refractivity contribution in [2.45, 2.75) is 123 Å². The maximum absolute atomic E-state index is 11.6. The number of benzene rings is 1. The van der Waals surface area contributed by atoms with E-state index in [1.54, 1.807) is 0 Å². The van der Waals surface area contributed by atoms with E-state index in [0.717, 1.165) is 57.8 Å². The molecule has 182 valence electrons. The Hall–Kier alpha value is -1.88. The summed E-state index contributed by atoms with van der Waals surface area (Å²) in [7, 11) is 0. The van der Waals surface area contributed by atoms with Gasteiger partial charge in [0.05, 0.1) is 12.7 Å². The van der Waals surface area contributed by atoms with Gasteiger partial charge >= 0.3 is 11.9 Å². The number of unbranched alkanes of at least 4 members (excludes halogenated alkanes) is 8. The first kappa shape index (κ1) is 28.2. The van der Waals surface area contributed by atoms with Crippen LogP contribution in [0.4, 0.5) is 0 Å². The Morgan fingerprint density at radius 1 is 0.844 bits per heavy atom. The van der Waals surface area contributed by atoms with E-state index < -0.39 is 5.97 Å². The Balaban J connectivity index is 2.24. The van der Waals surface area contributed by atoms with Crippen LogP contribution in [0.2, 0.25) is 0 Å². The summed E-state index contributed by atoms with van der Waals surface area (Å²) < 4.78 is 11.8. The smallest absolute Gasteiger partial charge is 0.303 e. The number of hydrogen-bond donors (Lipinski definition) is 1. The Morgan fingerprint density at radius 2 is 1.44 bits per heavy atom. The number of carboxylic acid groups (broad SMARTS) is 1. The lowest BCUT2D eigenvalue weighted by atomic mass is 10.0. The van der Waals surface area contributed by atoms with Crippen LogP contribution in [0.5, 0.6) is 0 Å². The number of ether oxygens (including phenoxy) is 2. The summed E-state index contributed by atoms with van der Waals surface area (Å²) in [6, 6.07) is 10.2. The first-order chi connectivity index (χ1) is 15.5. The molecule has 0 saturated heterocycles. The summed E-state index contributed by atoms with van der Waals surface area (Å²) in [5, 5.41) is 8.64. The SMILES string of the molecule is CCCC(CC(CCCCCCCCCCCC(=O)O)OC(C)=O)OCc1ccccc1. The van der Waals surface area contributed by atoms with E-state index in [4.69, 9.17) is 14.6 Å². The van der Waals surface area contributed by atoms with Crippen LogP contribution >= 0.6 is 0 Å². The third kappa shape index (κ3) is 15.9. The zero-order valence-electron chi connectivity index (χ0n) is 20.2. The van der Waals surface area contributed by atoms with Gasteiger partial charge in [0.2, 0.25) is 0 Å². The molecular weight excluding hydrogens is 404 g/mol. The molecule has 0 saturated carbocycles. The van der Waals surface area contributed by atoms with Crippen LogP contribution < -0.4 is 0 Å². The molecule has 2 unspecified atom stereocenters. The molecule has 0 spiro atoms. The van der Waals surface area contributed by atoms with Crippen LogP contribution in [0, 0.1) is 0 Å². The molecule has 32 heavy (non-hydrogen) atoms. The first-order valence-electron chi connectivity index (χ1n) is 12.6. The van der Waals surface area contributed by atoms with Crippen LogP contribution in [0.25, 0.3) is 0 Å². The lowest BCUT2D eigenvalue weighted by molar-refractivity contribution is -0.149. The van der Waals surface area contributed by atoms with Gasteiger partial charge in [-0.05, 0) is 31.2 Å². The Morgan fingerprint density at radius 3 is 2.00 bits per heavy atom. The van der Waals surface area contributed by atoms with Crippen molar-refractivity contribution >= 4 is 11.9 Å². The van der Waals surface area contributed by atoms with Crippen molar-refractivity contribution in [1.82, 2.24) is 0 Å². The van der Waals surface area contributed by atoms with E-state index in [1.165, 1.54) is 38.2 Å². The number of rotatable bonds is 20. The second-order valence-corrected chi connectivity index (χ2v) is 8.79. The molecule has 0 aliphatic rings. The van der Waals surface area contributed by atoms with E-state index in [1.807, 2.05) is 18.2 Å². The standard InChI is InChI=1S/C27H44O5/c1-3-16-25(31-22-24-17-12-11-13-18-24)21-26(32-23(2)28)19-14-9-7-5-4-6-8-10-15-20-27(29)30/h11-13,17-18,25-26H,3-10,14-16,19-22H2,1-2H3,(H,29,30). The van der Waals surface area contributed by atoms with E-state index in [2.05, 4.69) is 19.1 Å². The third-order valence-corrected chi connectivity index (χ3v) is 5.71. The summed E-state index contributed by atoms with van der Waals surface area (Å²) in [6.45, 7) is 4.24. The number of carbonyl (C=O) groups is 2. The maximum atomic E-state index is 11.6. The van der Waals surface area contributed by atoms with Crippen LogP contribution in [0.1, 0.15) is 109 Å². The molecule has 0 bridgehead atoms. The molecule has 1 aromatic carbocycles. The fourth-order valence-electron chi connectivity index (χ4n) is 4.02. The summed E-state index contributed by atoms with van der Waals surface area (Å²) in [5.41, 5.74) is 1.17. The number of hydrogen-bond acceptors (Lipinski definition) is 4. The van der Waals surface area contributed by atoms with Gasteiger partial charge in [0.25, 0.3) is 0 Å². The van der Waals surface area contributed by atoms with E-state index >= 15 is 0 Å². The fraction of sp³-hybridized carbons (Fsp3) is 0.704. The van der Waals surface area contributed by atoms with E-state index in [-0.39, 0.29) is 18.2 Å². The van der Waals surface area contributed by atoms with Crippen LogP contribution in [0.3, 0.4) is 0 Å². The number of esters is 1. The van der Waals surface area contributed by atoms with Gasteiger partial charge in [0.1, 0.15) is 6.10 Å². The lowest BCUT2D eigenvalue weighted by Gasteiger charge is -2.24. The van der Waals surface area contributed by atoms with Gasteiger partial charge in [0, 0.05) is 19.8 Å². The number of aliphatic carboxylic acids is 1. The van der Waals surface area contributed by atoms with Crippen molar-refractivity contribution in [3.8, 4) is 0 Å². The molecule has 0 amide bonds. The monoisotopic (exact) mass is 448 g/mol. The van der Waals surface area contributed by atoms with Crippen molar-refractivity contribution in [3.63, 3.8) is 0 Å². The van der Waals surface area contributed by atoms with Crippen molar-refractivity contribution in [2.24, 2.45) is 0 Å². The zero-order valence-corrected chi connectivity index (χ0v) is 20.2. The van der Waals surface area contributed by atoms with Crippen molar-refractivity contribution in [3.05, 3.63) is 35.9 Å². The van der Waals surface area contributed by atoms with Crippen LogP contribution in [-0.2, 0) is 25.7 Å². The quantitative estimate of drug-likeness (QED) is 0.171. The first-order valence-corrected chi connectivity index (χ1v) is 12.6. The largest absolute Gasteiger partial charge is 0.481 e. The normalized spacial score (nSPS) is 12.9. The van der Waals surface area contributed by atoms with Crippen molar-refractivity contribution in [1.29, 1.82) is 0 Å². The van der Waals surface area contributed by atoms with Crippen LogP contribution in [0.15, 0.2) is 30.3 Å². The molecule has 1 N–H and O–H groups in total. The Labute approximate surface area is 194 Å². The second-order valence-electron chi connectivity index (χ2n) is 8.79. The molecule has 0 aliphatic heterocycles. The average Bonchev–Trinajstić information content (AvgIpc) is 2.76. The highest BCUT2D eigenvalue weighted by atomic mass is 16.5. The van der Waals surface area contributed by atoms with Gasteiger partial charge < -0.3 is 14.6 Å². The Bertz CT molecular complexity index is 601. The molecule has 0 aliphatic carbocycles. The lowest BCUT2D eigenvalue weighted by Crippen LogP contribution is -2.25. The molecule has 0 heterocycles. The molecule has 0 fully saturated rings. The molecule has 0 radical (unpaired) electrons. The number of carbonyl (C=O) groups excluding carboxylic acids is 1. The average molecular weight is 449 g/mol. The van der Waals surface area contributed by atoms with Gasteiger partial charge in [-0.25, -0.2) is 0 Å². The summed E-state index contributed by atoms with van der Waals surface area (Å²) in [5.74, 6) is -0.906. The molecule has 1 rings (SSSR count). The highest BCUT2D eigenvalue weighted by Gasteiger charge is 2.19. The minimum absolute atomic E-state index is 0.0749. The van der Waals surface area contributed by atoms with E-state index in [9.17, 15) is 9.59 Å². The molecule has 1 aromatic rings. The predicted octanol–water partition coefficient (Wildman–Crippen LogP) is 7.07. The van der Waals surface area contributed by atoms with Crippen molar-refractivity contribution in [2.75, 3.05) is 0 Å². The predicted molar refractivity (Wildman–Crippen MR) is 129 cm³/mol. The highest BCUT2D eigenvalue weighted by molar-refractivity contribution is 5.66. The third-order valence-electron chi connectivity index (χ3n) is 5.71. The topological polar surface area (TPSA) is 72.8 Å². The molecule has 5 nitrogen and oxygen atoms in total. The number of carboxylic acids is 1. The zero-order chi connectivity index (χ0) is 23.4. The fourth-order valence-corrected chi connectivity index (χ4v) is 4.02. The molecule has 5 heteroatoms. The minimum atomic E-state index is -0.694. The van der Waals surface area contributed by atoms with Gasteiger partial charge in [-0.15, -0.1) is 0 Å². The minimum Gasteiger partial charge on any atom is -0.481 e. The highest BCUT2D eigenvalue weighted by Crippen LogP contribution is 2.20. The van der Waals surface area contributed by atoms with Crippen molar-refractivity contribution < 1.29 is 24.2 Å². The summed E-state index contributed by atoms with van der Waals surface area (Å²) >= 11 is 0. The summed E-state index contributed by atoms with van der Waals surface area (Å²) in [6.07, 6.45) is 14.0.